The van der Waals surface area contributed by atoms with E-state index in [4.69, 9.17) is 18.9 Å². The third kappa shape index (κ3) is 31.9. The summed E-state index contributed by atoms with van der Waals surface area (Å²) in [4.78, 5) is 76.8. The van der Waals surface area contributed by atoms with Crippen molar-refractivity contribution in [3.8, 4) is 0 Å². The van der Waals surface area contributed by atoms with Gasteiger partial charge in [0.15, 0.2) is 0 Å². The molecule has 0 unspecified atom stereocenters. The fourth-order valence-electron chi connectivity index (χ4n) is 8.80. The fraction of sp³-hybridized carbons (Fsp3) is 0.907. The lowest BCUT2D eigenvalue weighted by Crippen LogP contribution is -2.62. The zero-order valence-corrected chi connectivity index (χ0v) is 45.7. The van der Waals surface area contributed by atoms with Gasteiger partial charge in [-0.1, -0.05) is 110 Å². The van der Waals surface area contributed by atoms with Crippen molar-refractivity contribution in [1.82, 2.24) is 19.6 Å². The van der Waals surface area contributed by atoms with Crippen molar-refractivity contribution in [1.29, 1.82) is 0 Å². The third-order valence-corrected chi connectivity index (χ3v) is 11.7. The predicted octanol–water partition coefficient (Wildman–Crippen LogP) is 10.7. The molecular weight excluding hydrogens is 849 g/mol. The molecule has 1 aliphatic rings. The second-order valence-corrected chi connectivity index (χ2v) is 23.4. The maximum Gasteiger partial charge on any atom is 0.320 e. The molecule has 13 heteroatoms. The van der Waals surface area contributed by atoms with Crippen molar-refractivity contribution in [2.75, 3.05) is 65.4 Å². The number of carbonyl (C=O) groups excluding carboxylic acids is 5. The van der Waals surface area contributed by atoms with Gasteiger partial charge in [0, 0.05) is 51.2 Å². The first-order valence-electron chi connectivity index (χ1n) is 26.5. The van der Waals surface area contributed by atoms with Crippen LogP contribution >= 0.6 is 0 Å². The highest BCUT2D eigenvalue weighted by molar-refractivity contribution is 5.77. The summed E-state index contributed by atoms with van der Waals surface area (Å²) in [5.41, 5.74) is -3.96. The van der Waals surface area contributed by atoms with E-state index in [9.17, 15) is 24.0 Å². The van der Waals surface area contributed by atoms with Gasteiger partial charge in [-0.15, -0.1) is 0 Å². The molecule has 1 fully saturated rings. The van der Waals surface area contributed by atoms with E-state index in [1.54, 1.807) is 41.5 Å². The van der Waals surface area contributed by atoms with Crippen LogP contribution in [0.4, 0.5) is 0 Å². The van der Waals surface area contributed by atoms with Crippen molar-refractivity contribution < 1.29 is 42.9 Å². The molecule has 1 amide bonds. The van der Waals surface area contributed by atoms with Gasteiger partial charge in [-0.3, -0.25) is 38.7 Å². The molecule has 1 aliphatic heterocycles. The van der Waals surface area contributed by atoms with Gasteiger partial charge < -0.3 is 23.8 Å². The number of unbranched alkanes of at least 4 members (excludes halogenated alkanes) is 15. The van der Waals surface area contributed by atoms with Crippen LogP contribution in [0.1, 0.15) is 225 Å². The fourth-order valence-corrected chi connectivity index (χ4v) is 8.80. The predicted molar refractivity (Wildman–Crippen MR) is 271 cm³/mol. The average Bonchev–Trinajstić information content (AvgIpc) is 3.33. The molecule has 0 saturated carbocycles. The lowest BCUT2D eigenvalue weighted by molar-refractivity contribution is -0.166. The van der Waals surface area contributed by atoms with E-state index in [1.807, 2.05) is 56.2 Å². The molecule has 0 N–H and O–H groups in total. The molecule has 1 saturated heterocycles. The number of ether oxygens (including phenoxy) is 4. The van der Waals surface area contributed by atoms with E-state index >= 15 is 0 Å². The van der Waals surface area contributed by atoms with Crippen LogP contribution in [0, 0.1) is 0 Å². The average molecular weight is 951 g/mol. The van der Waals surface area contributed by atoms with E-state index < -0.39 is 51.8 Å². The van der Waals surface area contributed by atoms with Crippen molar-refractivity contribution in [2.24, 2.45) is 0 Å². The van der Waals surface area contributed by atoms with Crippen molar-refractivity contribution in [3.05, 3.63) is 0 Å². The molecule has 0 aromatic carbocycles. The summed E-state index contributed by atoms with van der Waals surface area (Å²) in [6.45, 7) is 28.7. The Balaban J connectivity index is 3.60. The quantitative estimate of drug-likeness (QED) is 0.0361. The van der Waals surface area contributed by atoms with Crippen LogP contribution in [0.25, 0.3) is 0 Å². The van der Waals surface area contributed by atoms with E-state index in [2.05, 4.69) is 18.7 Å². The lowest BCUT2D eigenvalue weighted by atomic mass is 9.88. The molecule has 0 aliphatic carbocycles. The van der Waals surface area contributed by atoms with Crippen LogP contribution in [0.3, 0.4) is 0 Å². The first-order chi connectivity index (χ1) is 31.2. The van der Waals surface area contributed by atoms with Gasteiger partial charge >= 0.3 is 23.9 Å². The lowest BCUT2D eigenvalue weighted by Gasteiger charge is -2.46. The SMILES string of the molecule is CCCCCCCCCCN(CCCCCCCCCC)C(=O)CCCCC1(N(CC(=O)OC(C)(C)C)CC(=O)OC(C)(C)C)CN(CC(=O)OC(C)(C)C)CCN(CC(=O)OC(C)(C)C)C1. The van der Waals surface area contributed by atoms with Crippen LogP contribution in [-0.2, 0) is 42.9 Å². The summed E-state index contributed by atoms with van der Waals surface area (Å²) < 4.78 is 23.3. The minimum Gasteiger partial charge on any atom is -0.459 e. The number of nitrogens with zero attached hydrogens (tertiary/aromatic N) is 4. The molecule has 67 heavy (non-hydrogen) atoms. The molecule has 0 bridgehead atoms. The number of amides is 1. The molecule has 13 nitrogen and oxygen atoms in total. The minimum atomic E-state index is -0.981. The van der Waals surface area contributed by atoms with E-state index in [1.165, 1.54) is 77.0 Å². The van der Waals surface area contributed by atoms with Gasteiger partial charge in [0.25, 0.3) is 0 Å². The third-order valence-electron chi connectivity index (χ3n) is 11.7. The Bertz CT molecular complexity index is 1340. The van der Waals surface area contributed by atoms with Gasteiger partial charge in [0.1, 0.15) is 22.4 Å². The Morgan fingerprint density at radius 3 is 1.12 bits per heavy atom. The summed E-state index contributed by atoms with van der Waals surface area (Å²) in [6.07, 6.45) is 21.4. The van der Waals surface area contributed by atoms with Crippen LogP contribution in [0.2, 0.25) is 0 Å². The van der Waals surface area contributed by atoms with Crippen molar-refractivity contribution in [2.45, 2.75) is 253 Å². The molecule has 0 spiro atoms. The Morgan fingerprint density at radius 2 is 0.776 bits per heavy atom. The largest absolute Gasteiger partial charge is 0.459 e. The molecule has 0 aromatic rings. The Kier molecular flexibility index (Phi) is 29.2. The smallest absolute Gasteiger partial charge is 0.320 e. The standard InChI is InChI=1S/C54H102N4O9/c1-15-17-19-21-23-25-27-31-35-57(36-32-28-26-24-22-20-18-16-2)45(59)33-29-30-34-54(58(41-48(62)66-52(9,10)11)42-49(63)67-53(12,13)14)43-55(39-46(60)64-50(3,4)5)37-38-56(44-54)40-47(61)65-51(6,7)8/h15-44H2,1-14H3. The van der Waals surface area contributed by atoms with Gasteiger partial charge in [-0.2, -0.15) is 0 Å². The van der Waals surface area contributed by atoms with Crippen LogP contribution in [0.15, 0.2) is 0 Å². The van der Waals surface area contributed by atoms with Gasteiger partial charge in [-0.25, -0.2) is 0 Å². The molecule has 0 radical (unpaired) electrons. The van der Waals surface area contributed by atoms with Crippen LogP contribution in [0.5, 0.6) is 0 Å². The molecule has 392 valence electrons. The number of rotatable bonds is 32. The Labute approximate surface area is 409 Å². The number of hydrogen-bond acceptors (Lipinski definition) is 12. The number of carbonyl (C=O) groups is 5. The van der Waals surface area contributed by atoms with Gasteiger partial charge in [0.2, 0.25) is 5.91 Å². The maximum absolute atomic E-state index is 14.1. The monoisotopic (exact) mass is 951 g/mol. The summed E-state index contributed by atoms with van der Waals surface area (Å²) in [5, 5.41) is 0. The number of esters is 4. The maximum atomic E-state index is 14.1. The van der Waals surface area contributed by atoms with E-state index in [0.29, 0.717) is 38.8 Å². The molecule has 0 aromatic heterocycles. The first kappa shape index (κ1) is 62.2. The second-order valence-electron chi connectivity index (χ2n) is 23.4. The normalized spacial score (nSPS) is 15.3. The van der Waals surface area contributed by atoms with Crippen LogP contribution in [-0.4, -0.2) is 143 Å². The second kappa shape index (κ2) is 31.5. The number of hydrogen-bond donors (Lipinski definition) is 0. The molecule has 0 atom stereocenters. The molecule has 1 rings (SSSR count). The minimum absolute atomic E-state index is 0.0308. The Morgan fingerprint density at radius 1 is 0.448 bits per heavy atom. The molecule has 1 heterocycles. The Hall–Kier alpha value is -2.77. The summed E-state index contributed by atoms with van der Waals surface area (Å²) in [6, 6.07) is 0. The highest BCUT2D eigenvalue weighted by Gasteiger charge is 2.45. The summed E-state index contributed by atoms with van der Waals surface area (Å²) >= 11 is 0. The zero-order chi connectivity index (χ0) is 50.7. The van der Waals surface area contributed by atoms with Crippen LogP contribution < -0.4 is 0 Å². The van der Waals surface area contributed by atoms with E-state index in [0.717, 1.165) is 38.8 Å². The summed E-state index contributed by atoms with van der Waals surface area (Å²) in [5.74, 6) is -1.65. The molecular formula is C54H102N4O9. The first-order valence-corrected chi connectivity index (χ1v) is 26.5. The van der Waals surface area contributed by atoms with E-state index in [-0.39, 0.29) is 45.2 Å². The topological polar surface area (TPSA) is 135 Å². The van der Waals surface area contributed by atoms with Crippen molar-refractivity contribution in [3.63, 3.8) is 0 Å². The summed E-state index contributed by atoms with van der Waals surface area (Å²) in [7, 11) is 0. The highest BCUT2D eigenvalue weighted by Crippen LogP contribution is 2.30. The van der Waals surface area contributed by atoms with Gasteiger partial charge in [0.05, 0.1) is 26.2 Å². The highest BCUT2D eigenvalue weighted by atomic mass is 16.6. The van der Waals surface area contributed by atoms with Crippen molar-refractivity contribution >= 4 is 29.8 Å². The van der Waals surface area contributed by atoms with Gasteiger partial charge in [-0.05, 0) is 109 Å². The zero-order valence-electron chi connectivity index (χ0n) is 45.7.